The van der Waals surface area contributed by atoms with E-state index in [2.05, 4.69) is 26.1 Å². The molecule has 3 N–H and O–H groups in total. The van der Waals surface area contributed by atoms with E-state index < -0.39 is 0 Å². The monoisotopic (exact) mass is 280 g/mol. The van der Waals surface area contributed by atoms with Gasteiger partial charge in [0.1, 0.15) is 0 Å². The molecule has 4 heteroatoms. The Morgan fingerprint density at radius 3 is 2.47 bits per heavy atom. The van der Waals surface area contributed by atoms with E-state index in [1.54, 1.807) is 11.8 Å². The molecule has 0 aliphatic rings. The highest BCUT2D eigenvalue weighted by atomic mass is 32.2. The number of thioether (sulfide) groups is 1. The predicted molar refractivity (Wildman–Crippen MR) is 85.6 cm³/mol. The molecule has 19 heavy (non-hydrogen) atoms. The number of carbonyl (C=O) groups excluding carboxylic acids is 1. The van der Waals surface area contributed by atoms with E-state index in [1.807, 2.05) is 32.0 Å². The molecule has 2 unspecified atom stereocenters. The first kappa shape index (κ1) is 15.9. The maximum Gasteiger partial charge on any atom is 0.237 e. The number of nitrogens with one attached hydrogen (secondary N) is 1. The van der Waals surface area contributed by atoms with Crippen LogP contribution in [-0.2, 0) is 4.79 Å². The van der Waals surface area contributed by atoms with Crippen LogP contribution in [0, 0.1) is 12.8 Å². The van der Waals surface area contributed by atoms with Gasteiger partial charge in [-0.25, -0.2) is 0 Å². The van der Waals surface area contributed by atoms with E-state index >= 15 is 0 Å². The number of hydrogen-bond donors (Lipinski definition) is 2. The Balaban J connectivity index is 2.66. The normalized spacial score (nSPS) is 14.2. The summed E-state index contributed by atoms with van der Waals surface area (Å²) in [4.78, 5) is 12.2. The van der Waals surface area contributed by atoms with Crippen molar-refractivity contribution in [2.75, 3.05) is 11.1 Å². The van der Waals surface area contributed by atoms with E-state index in [0.717, 1.165) is 11.3 Å². The smallest absolute Gasteiger partial charge is 0.237 e. The first-order valence-electron chi connectivity index (χ1n) is 6.64. The van der Waals surface area contributed by atoms with Crippen molar-refractivity contribution < 1.29 is 4.79 Å². The first-order valence-corrected chi connectivity index (χ1v) is 7.58. The van der Waals surface area contributed by atoms with Crippen molar-refractivity contribution in [1.82, 2.24) is 0 Å². The van der Waals surface area contributed by atoms with E-state index in [0.29, 0.717) is 16.9 Å². The fourth-order valence-corrected chi connectivity index (χ4v) is 2.70. The minimum Gasteiger partial charge on any atom is -0.398 e. The lowest BCUT2D eigenvalue weighted by molar-refractivity contribution is -0.115. The van der Waals surface area contributed by atoms with Crippen LogP contribution in [0.15, 0.2) is 18.2 Å². The van der Waals surface area contributed by atoms with Gasteiger partial charge in [-0.1, -0.05) is 26.8 Å². The van der Waals surface area contributed by atoms with Crippen LogP contribution >= 0.6 is 11.8 Å². The van der Waals surface area contributed by atoms with Crippen LogP contribution in [0.2, 0.25) is 0 Å². The molecule has 1 aromatic carbocycles. The van der Waals surface area contributed by atoms with Crippen molar-refractivity contribution >= 4 is 29.0 Å². The lowest BCUT2D eigenvalue weighted by atomic mass is 10.1. The van der Waals surface area contributed by atoms with Crippen LogP contribution in [-0.4, -0.2) is 16.4 Å². The second-order valence-electron chi connectivity index (χ2n) is 5.24. The number of rotatable bonds is 5. The van der Waals surface area contributed by atoms with Crippen molar-refractivity contribution in [3.8, 4) is 0 Å². The Morgan fingerprint density at radius 1 is 1.26 bits per heavy atom. The summed E-state index contributed by atoms with van der Waals surface area (Å²) in [6.07, 6.45) is 0. The molecular formula is C15H24N2OS. The average molecular weight is 280 g/mol. The number of anilines is 2. The summed E-state index contributed by atoms with van der Waals surface area (Å²) in [6, 6.07) is 5.57. The van der Waals surface area contributed by atoms with Gasteiger partial charge in [0, 0.05) is 16.6 Å². The minimum atomic E-state index is -0.0711. The summed E-state index contributed by atoms with van der Waals surface area (Å²) in [5.41, 5.74) is 8.26. The van der Waals surface area contributed by atoms with Gasteiger partial charge in [0.25, 0.3) is 0 Å². The van der Waals surface area contributed by atoms with Gasteiger partial charge in [0.05, 0.1) is 5.25 Å². The summed E-state index contributed by atoms with van der Waals surface area (Å²) < 4.78 is 0. The van der Waals surface area contributed by atoms with Crippen LogP contribution in [0.5, 0.6) is 0 Å². The molecule has 0 heterocycles. The molecule has 1 amide bonds. The standard InChI is InChI=1S/C15H24N2OS/c1-9(2)11(4)19-12(5)15(18)17-14-8-6-7-13(16)10(14)3/h6-9,11-12H,16H2,1-5H3,(H,17,18). The molecule has 0 fully saturated rings. The molecule has 0 aromatic heterocycles. The molecule has 3 nitrogen and oxygen atoms in total. The summed E-state index contributed by atoms with van der Waals surface area (Å²) in [5.74, 6) is 0.598. The minimum absolute atomic E-state index is 0.0335. The van der Waals surface area contributed by atoms with Gasteiger partial charge in [-0.2, -0.15) is 0 Å². The third-order valence-corrected chi connectivity index (χ3v) is 4.96. The zero-order chi connectivity index (χ0) is 14.6. The number of hydrogen-bond acceptors (Lipinski definition) is 3. The Morgan fingerprint density at radius 2 is 1.89 bits per heavy atom. The molecule has 0 spiro atoms. The molecule has 1 aromatic rings. The van der Waals surface area contributed by atoms with Crippen LogP contribution < -0.4 is 11.1 Å². The van der Waals surface area contributed by atoms with E-state index in [-0.39, 0.29) is 11.2 Å². The van der Waals surface area contributed by atoms with Gasteiger partial charge in [-0.05, 0) is 37.5 Å². The molecule has 0 saturated heterocycles. The van der Waals surface area contributed by atoms with Crippen LogP contribution in [0.3, 0.4) is 0 Å². The Kier molecular flexibility index (Phi) is 5.73. The molecule has 0 saturated carbocycles. The third-order valence-electron chi connectivity index (χ3n) is 3.36. The molecule has 0 bridgehead atoms. The topological polar surface area (TPSA) is 55.1 Å². The Hall–Kier alpha value is -1.16. The second-order valence-corrected chi connectivity index (χ2v) is 6.96. The van der Waals surface area contributed by atoms with Crippen molar-refractivity contribution in [3.63, 3.8) is 0 Å². The van der Waals surface area contributed by atoms with Gasteiger partial charge in [0.15, 0.2) is 0 Å². The molecule has 0 aliphatic heterocycles. The zero-order valence-electron chi connectivity index (χ0n) is 12.4. The molecule has 0 aliphatic carbocycles. The molecule has 0 radical (unpaired) electrons. The summed E-state index contributed by atoms with van der Waals surface area (Å²) >= 11 is 1.70. The highest BCUT2D eigenvalue weighted by Gasteiger charge is 2.19. The van der Waals surface area contributed by atoms with Gasteiger partial charge in [-0.3, -0.25) is 4.79 Å². The molecular weight excluding hydrogens is 256 g/mol. The van der Waals surface area contributed by atoms with Gasteiger partial charge in [0.2, 0.25) is 5.91 Å². The number of nitrogens with two attached hydrogens (primary N) is 1. The van der Waals surface area contributed by atoms with Crippen LogP contribution in [0.1, 0.15) is 33.3 Å². The highest BCUT2D eigenvalue weighted by Crippen LogP contribution is 2.26. The van der Waals surface area contributed by atoms with E-state index in [4.69, 9.17) is 5.73 Å². The SMILES string of the molecule is Cc1c(N)cccc1NC(=O)C(C)SC(C)C(C)C. The number of benzene rings is 1. The maximum atomic E-state index is 12.2. The van der Waals surface area contributed by atoms with Crippen molar-refractivity contribution in [2.24, 2.45) is 5.92 Å². The quantitative estimate of drug-likeness (QED) is 0.809. The zero-order valence-corrected chi connectivity index (χ0v) is 13.2. The largest absolute Gasteiger partial charge is 0.398 e. The summed E-state index contributed by atoms with van der Waals surface area (Å²) in [5, 5.41) is 3.35. The van der Waals surface area contributed by atoms with Crippen molar-refractivity contribution in [3.05, 3.63) is 23.8 Å². The fraction of sp³-hybridized carbons (Fsp3) is 0.533. The first-order chi connectivity index (χ1) is 8.82. The molecule has 1 rings (SSSR count). The van der Waals surface area contributed by atoms with Gasteiger partial charge < -0.3 is 11.1 Å². The molecule has 2 atom stereocenters. The number of amides is 1. The number of nitrogen functional groups attached to an aromatic ring is 1. The van der Waals surface area contributed by atoms with Gasteiger partial charge in [-0.15, -0.1) is 11.8 Å². The lowest BCUT2D eigenvalue weighted by Crippen LogP contribution is -2.25. The Bertz CT molecular complexity index is 446. The van der Waals surface area contributed by atoms with E-state index in [1.165, 1.54) is 0 Å². The van der Waals surface area contributed by atoms with Crippen LogP contribution in [0.25, 0.3) is 0 Å². The molecule has 106 valence electrons. The summed E-state index contributed by atoms with van der Waals surface area (Å²) in [7, 11) is 0. The fourth-order valence-electron chi connectivity index (χ4n) is 1.56. The predicted octanol–water partition coefficient (Wildman–Crippen LogP) is 3.68. The average Bonchev–Trinajstić information content (AvgIpc) is 2.34. The van der Waals surface area contributed by atoms with Crippen molar-refractivity contribution in [1.29, 1.82) is 0 Å². The Labute approximate surface area is 120 Å². The van der Waals surface area contributed by atoms with E-state index in [9.17, 15) is 4.79 Å². The summed E-state index contributed by atoms with van der Waals surface area (Å²) in [6.45, 7) is 10.4. The lowest BCUT2D eigenvalue weighted by Gasteiger charge is -2.20. The maximum absolute atomic E-state index is 12.2. The number of carbonyl (C=O) groups is 1. The van der Waals surface area contributed by atoms with Crippen molar-refractivity contribution in [2.45, 2.75) is 45.1 Å². The second kappa shape index (κ2) is 6.85. The van der Waals surface area contributed by atoms with Gasteiger partial charge >= 0.3 is 0 Å². The van der Waals surface area contributed by atoms with Crippen LogP contribution in [0.4, 0.5) is 11.4 Å². The highest BCUT2D eigenvalue weighted by molar-refractivity contribution is 8.01. The third kappa shape index (κ3) is 4.46.